The van der Waals surface area contributed by atoms with Crippen LogP contribution in [0.15, 0.2) is 18.2 Å². The van der Waals surface area contributed by atoms with Crippen molar-refractivity contribution in [3.63, 3.8) is 0 Å². The van der Waals surface area contributed by atoms with E-state index in [0.717, 1.165) is 11.9 Å². The SMILES string of the molecule is CCc1nc(CC)n(Cc2cccc([N+](=O)[O-])c2F)n1. The number of nitrogens with zero attached hydrogens (tertiary/aromatic N) is 4. The fraction of sp³-hybridized carbons (Fsp3) is 0.385. The Kier molecular flexibility index (Phi) is 4.07. The Labute approximate surface area is 115 Å². The van der Waals surface area contributed by atoms with Crippen LogP contribution in [0.1, 0.15) is 31.1 Å². The first-order valence-electron chi connectivity index (χ1n) is 6.41. The zero-order valence-corrected chi connectivity index (χ0v) is 11.3. The molecular formula is C13H15FN4O2. The van der Waals surface area contributed by atoms with Gasteiger partial charge in [0.1, 0.15) is 5.82 Å². The summed E-state index contributed by atoms with van der Waals surface area (Å²) in [6.45, 7) is 4.01. The van der Waals surface area contributed by atoms with E-state index >= 15 is 0 Å². The molecule has 0 unspecified atom stereocenters. The molecule has 1 heterocycles. The van der Waals surface area contributed by atoms with Crippen molar-refractivity contribution in [3.05, 3.63) is 51.3 Å². The molecule has 0 aliphatic carbocycles. The van der Waals surface area contributed by atoms with Gasteiger partial charge in [0.25, 0.3) is 0 Å². The van der Waals surface area contributed by atoms with Crippen LogP contribution in [0.3, 0.4) is 0 Å². The van der Waals surface area contributed by atoms with Gasteiger partial charge in [0.05, 0.1) is 11.5 Å². The minimum atomic E-state index is -0.812. The Morgan fingerprint density at radius 1 is 1.35 bits per heavy atom. The van der Waals surface area contributed by atoms with Crippen molar-refractivity contribution in [2.75, 3.05) is 0 Å². The zero-order valence-electron chi connectivity index (χ0n) is 11.3. The lowest BCUT2D eigenvalue weighted by Gasteiger charge is -2.06. The second kappa shape index (κ2) is 5.77. The monoisotopic (exact) mass is 278 g/mol. The van der Waals surface area contributed by atoms with Crippen molar-refractivity contribution in [2.45, 2.75) is 33.2 Å². The average molecular weight is 278 g/mol. The van der Waals surface area contributed by atoms with Gasteiger partial charge in [-0.3, -0.25) is 10.1 Å². The zero-order chi connectivity index (χ0) is 14.7. The van der Waals surface area contributed by atoms with E-state index in [1.54, 1.807) is 4.68 Å². The molecule has 0 amide bonds. The van der Waals surface area contributed by atoms with Crippen LogP contribution < -0.4 is 0 Å². The maximum absolute atomic E-state index is 14.0. The summed E-state index contributed by atoms with van der Waals surface area (Å²) in [5, 5.41) is 15.0. The summed E-state index contributed by atoms with van der Waals surface area (Å²) in [5.74, 6) is 0.619. The van der Waals surface area contributed by atoms with E-state index in [1.807, 2.05) is 13.8 Å². The van der Waals surface area contributed by atoms with E-state index in [0.29, 0.717) is 18.7 Å². The minimum absolute atomic E-state index is 0.143. The number of benzene rings is 1. The molecule has 0 bridgehead atoms. The van der Waals surface area contributed by atoms with Gasteiger partial charge in [0.15, 0.2) is 5.82 Å². The molecule has 1 aromatic carbocycles. The van der Waals surface area contributed by atoms with E-state index in [2.05, 4.69) is 10.1 Å². The number of rotatable bonds is 5. The number of hydrogen-bond donors (Lipinski definition) is 0. The molecule has 20 heavy (non-hydrogen) atoms. The van der Waals surface area contributed by atoms with E-state index in [9.17, 15) is 14.5 Å². The van der Waals surface area contributed by atoms with Gasteiger partial charge in [-0.1, -0.05) is 26.0 Å². The van der Waals surface area contributed by atoms with E-state index in [4.69, 9.17) is 0 Å². The number of nitro benzene ring substituents is 1. The van der Waals surface area contributed by atoms with Crippen molar-refractivity contribution in [3.8, 4) is 0 Å². The van der Waals surface area contributed by atoms with Gasteiger partial charge in [-0.2, -0.15) is 9.49 Å². The predicted octanol–water partition coefficient (Wildman–Crippen LogP) is 2.50. The van der Waals surface area contributed by atoms with Gasteiger partial charge in [0.2, 0.25) is 5.82 Å². The summed E-state index contributed by atoms with van der Waals surface area (Å²) in [7, 11) is 0. The first-order valence-corrected chi connectivity index (χ1v) is 6.41. The van der Waals surface area contributed by atoms with Crippen molar-refractivity contribution >= 4 is 5.69 Å². The molecule has 0 aliphatic rings. The van der Waals surface area contributed by atoms with Crippen molar-refractivity contribution < 1.29 is 9.31 Å². The second-order valence-corrected chi connectivity index (χ2v) is 4.32. The normalized spacial score (nSPS) is 10.8. The first kappa shape index (κ1) is 14.1. The lowest BCUT2D eigenvalue weighted by Crippen LogP contribution is -2.09. The summed E-state index contributed by atoms with van der Waals surface area (Å²) < 4.78 is 15.6. The molecule has 0 saturated carbocycles. The van der Waals surface area contributed by atoms with Crippen LogP contribution in [0.25, 0.3) is 0 Å². The molecule has 2 rings (SSSR count). The Morgan fingerprint density at radius 3 is 2.70 bits per heavy atom. The number of aromatic nitrogens is 3. The summed E-state index contributed by atoms with van der Waals surface area (Å²) in [6, 6.07) is 4.15. The van der Waals surface area contributed by atoms with Crippen molar-refractivity contribution in [2.24, 2.45) is 0 Å². The van der Waals surface area contributed by atoms with Gasteiger partial charge >= 0.3 is 5.69 Å². The first-order chi connectivity index (χ1) is 9.56. The van der Waals surface area contributed by atoms with Crippen LogP contribution in [-0.2, 0) is 19.4 Å². The molecule has 0 N–H and O–H groups in total. The molecule has 0 aliphatic heterocycles. The third kappa shape index (κ3) is 2.66. The Morgan fingerprint density at radius 2 is 2.10 bits per heavy atom. The maximum Gasteiger partial charge on any atom is 0.305 e. The summed E-state index contributed by atoms with van der Waals surface area (Å²) in [5.41, 5.74) is -0.280. The maximum atomic E-state index is 14.0. The number of hydrogen-bond acceptors (Lipinski definition) is 4. The van der Waals surface area contributed by atoms with Gasteiger partial charge in [-0.15, -0.1) is 0 Å². The fourth-order valence-electron chi connectivity index (χ4n) is 1.95. The quantitative estimate of drug-likeness (QED) is 0.622. The van der Waals surface area contributed by atoms with Gasteiger partial charge in [-0.25, -0.2) is 9.67 Å². The summed E-state index contributed by atoms with van der Waals surface area (Å²) in [4.78, 5) is 14.3. The molecule has 1 aromatic heterocycles. The highest BCUT2D eigenvalue weighted by molar-refractivity contribution is 5.36. The number of halogens is 1. The molecule has 2 aromatic rings. The topological polar surface area (TPSA) is 73.8 Å². The van der Waals surface area contributed by atoms with E-state index in [1.165, 1.54) is 12.1 Å². The summed E-state index contributed by atoms with van der Waals surface area (Å²) in [6.07, 6.45) is 1.36. The van der Waals surface area contributed by atoms with Crippen molar-refractivity contribution in [1.82, 2.24) is 14.8 Å². The van der Waals surface area contributed by atoms with Crippen LogP contribution >= 0.6 is 0 Å². The standard InChI is InChI=1S/C13H15FN4O2/c1-3-11-15-12(4-2)17(16-11)8-9-6-5-7-10(13(9)14)18(19)20/h5-7H,3-4,8H2,1-2H3. The molecule has 6 nitrogen and oxygen atoms in total. The van der Waals surface area contributed by atoms with E-state index in [-0.39, 0.29) is 12.1 Å². The Hall–Kier alpha value is -2.31. The van der Waals surface area contributed by atoms with Gasteiger partial charge in [0, 0.05) is 24.5 Å². The molecule has 0 saturated heterocycles. The molecule has 0 fully saturated rings. The van der Waals surface area contributed by atoms with Crippen molar-refractivity contribution in [1.29, 1.82) is 0 Å². The second-order valence-electron chi connectivity index (χ2n) is 4.32. The predicted molar refractivity (Wildman–Crippen MR) is 70.9 cm³/mol. The molecule has 0 spiro atoms. The lowest BCUT2D eigenvalue weighted by atomic mass is 10.2. The molecule has 106 valence electrons. The number of nitro groups is 1. The van der Waals surface area contributed by atoms with E-state index < -0.39 is 16.4 Å². The smallest absolute Gasteiger partial charge is 0.258 e. The van der Waals surface area contributed by atoms with Crippen LogP contribution in [-0.4, -0.2) is 19.7 Å². The molecular weight excluding hydrogens is 263 g/mol. The van der Waals surface area contributed by atoms with Gasteiger partial charge in [-0.05, 0) is 0 Å². The Balaban J connectivity index is 2.37. The molecule has 7 heteroatoms. The minimum Gasteiger partial charge on any atom is -0.258 e. The van der Waals surface area contributed by atoms with Gasteiger partial charge < -0.3 is 0 Å². The summed E-state index contributed by atoms with van der Waals surface area (Å²) >= 11 is 0. The lowest BCUT2D eigenvalue weighted by molar-refractivity contribution is -0.387. The van der Waals surface area contributed by atoms with Crippen LogP contribution in [0.2, 0.25) is 0 Å². The largest absolute Gasteiger partial charge is 0.305 e. The highest BCUT2D eigenvalue weighted by atomic mass is 19.1. The number of aryl methyl sites for hydroxylation is 2. The van der Waals surface area contributed by atoms with Crippen LogP contribution in [0.4, 0.5) is 10.1 Å². The average Bonchev–Trinajstić information content (AvgIpc) is 2.83. The Bertz CT molecular complexity index is 639. The molecule has 0 radical (unpaired) electrons. The third-order valence-electron chi connectivity index (χ3n) is 3.00. The fourth-order valence-corrected chi connectivity index (χ4v) is 1.95. The van der Waals surface area contributed by atoms with Crippen LogP contribution in [0, 0.1) is 15.9 Å². The van der Waals surface area contributed by atoms with Crippen LogP contribution in [0.5, 0.6) is 0 Å². The molecule has 0 atom stereocenters. The third-order valence-corrected chi connectivity index (χ3v) is 3.00. The highest BCUT2D eigenvalue weighted by Gasteiger charge is 2.18. The highest BCUT2D eigenvalue weighted by Crippen LogP contribution is 2.21.